The molecule has 0 saturated carbocycles. The Bertz CT molecular complexity index is 62.1. The van der Waals surface area contributed by atoms with Gasteiger partial charge in [0.2, 0.25) is 0 Å². The van der Waals surface area contributed by atoms with E-state index >= 15 is 0 Å². The Morgan fingerprint density at radius 2 is 1.30 bits per heavy atom. The van der Waals surface area contributed by atoms with Gasteiger partial charge in [-0.15, -0.1) is 0 Å². The van der Waals surface area contributed by atoms with Crippen LogP contribution in [0.25, 0.3) is 0 Å². The van der Waals surface area contributed by atoms with Crippen molar-refractivity contribution < 1.29 is 5.48 Å². The SMILES string of the molecule is CC#N.CCCCCC.O. The fraction of sp³-hybridized carbons (Fsp3) is 0.875. The predicted octanol–water partition coefficient (Wildman–Crippen LogP) is 2.29. The van der Waals surface area contributed by atoms with E-state index in [0.717, 1.165) is 0 Å². The summed E-state index contributed by atoms with van der Waals surface area (Å²) >= 11 is 0. The summed E-state index contributed by atoms with van der Waals surface area (Å²) in [5.41, 5.74) is 0. The molecule has 0 aromatic rings. The molecule has 62 valence electrons. The third-order valence-corrected chi connectivity index (χ3v) is 0.957. The highest BCUT2D eigenvalue weighted by Gasteiger charge is 1.75. The van der Waals surface area contributed by atoms with Crippen LogP contribution in [0.1, 0.15) is 46.5 Å². The molecule has 10 heavy (non-hydrogen) atoms. The maximum absolute atomic E-state index is 7.32. The Morgan fingerprint density at radius 3 is 1.40 bits per heavy atom. The summed E-state index contributed by atoms with van der Waals surface area (Å²) in [6.07, 6.45) is 5.54. The summed E-state index contributed by atoms with van der Waals surface area (Å²) in [6.45, 7) is 5.89. The lowest BCUT2D eigenvalue weighted by atomic mass is 10.2. The second kappa shape index (κ2) is 23.7. The van der Waals surface area contributed by atoms with Crippen molar-refractivity contribution in [1.82, 2.24) is 0 Å². The van der Waals surface area contributed by atoms with Gasteiger partial charge < -0.3 is 5.48 Å². The van der Waals surface area contributed by atoms with Gasteiger partial charge >= 0.3 is 0 Å². The summed E-state index contributed by atoms with van der Waals surface area (Å²) < 4.78 is 0. The van der Waals surface area contributed by atoms with Crippen LogP contribution in [0.3, 0.4) is 0 Å². The van der Waals surface area contributed by atoms with Crippen LogP contribution in [-0.4, -0.2) is 5.48 Å². The van der Waals surface area contributed by atoms with E-state index in [4.69, 9.17) is 5.26 Å². The topological polar surface area (TPSA) is 55.3 Å². The van der Waals surface area contributed by atoms with Crippen molar-refractivity contribution in [1.29, 1.82) is 5.26 Å². The normalized spacial score (nSPS) is 6.20. The third kappa shape index (κ3) is 51.6. The molecular weight excluding hydrogens is 126 g/mol. The highest BCUT2D eigenvalue weighted by Crippen LogP contribution is 1.95. The quantitative estimate of drug-likeness (QED) is 0.562. The molecule has 2 N–H and O–H groups in total. The Hall–Kier alpha value is -0.550. The van der Waals surface area contributed by atoms with Gasteiger partial charge in [0.15, 0.2) is 0 Å². The first kappa shape index (κ1) is 16.2. The molecule has 0 radical (unpaired) electrons. The summed E-state index contributed by atoms with van der Waals surface area (Å²) in [5.74, 6) is 0. The molecule has 0 saturated heterocycles. The van der Waals surface area contributed by atoms with E-state index in [-0.39, 0.29) is 5.48 Å². The summed E-state index contributed by atoms with van der Waals surface area (Å²) in [7, 11) is 0. The molecular formula is C8H19NO. The number of nitriles is 1. The lowest BCUT2D eigenvalue weighted by Gasteiger charge is -1.86. The fourth-order valence-corrected chi connectivity index (χ4v) is 0.500. The van der Waals surface area contributed by atoms with Gasteiger partial charge in [0, 0.05) is 6.92 Å². The van der Waals surface area contributed by atoms with E-state index in [2.05, 4.69) is 13.8 Å². The standard InChI is InChI=1S/C6H14.C2H3N.H2O/c1-3-5-6-4-2;1-2-3;/h3-6H2,1-2H3;1H3;1H2. The average molecular weight is 145 g/mol. The van der Waals surface area contributed by atoms with Gasteiger partial charge in [-0.1, -0.05) is 39.5 Å². The van der Waals surface area contributed by atoms with E-state index in [9.17, 15) is 0 Å². The molecule has 0 aliphatic rings. The van der Waals surface area contributed by atoms with E-state index in [1.165, 1.54) is 32.6 Å². The van der Waals surface area contributed by atoms with Crippen LogP contribution in [-0.2, 0) is 0 Å². The first-order valence-corrected chi connectivity index (χ1v) is 3.64. The molecule has 0 atom stereocenters. The van der Waals surface area contributed by atoms with Crippen LogP contribution in [0.15, 0.2) is 0 Å². The van der Waals surface area contributed by atoms with Crippen molar-refractivity contribution in [3.05, 3.63) is 0 Å². The van der Waals surface area contributed by atoms with Crippen LogP contribution < -0.4 is 0 Å². The zero-order valence-corrected chi connectivity index (χ0v) is 7.28. The van der Waals surface area contributed by atoms with E-state index < -0.39 is 0 Å². The number of nitrogens with zero attached hydrogens (tertiary/aromatic N) is 1. The molecule has 0 aromatic carbocycles. The van der Waals surface area contributed by atoms with Gasteiger partial charge in [0.05, 0.1) is 6.07 Å². The Balaban J connectivity index is -0.000000107. The number of hydrogen-bond acceptors (Lipinski definition) is 1. The summed E-state index contributed by atoms with van der Waals surface area (Å²) in [5, 5.41) is 7.32. The molecule has 0 heterocycles. The highest BCUT2D eigenvalue weighted by molar-refractivity contribution is 4.51. The first-order chi connectivity index (χ1) is 4.33. The molecule has 2 nitrogen and oxygen atoms in total. The van der Waals surface area contributed by atoms with Crippen molar-refractivity contribution in [3.8, 4) is 6.07 Å². The maximum atomic E-state index is 7.32. The molecule has 0 rings (SSSR count). The van der Waals surface area contributed by atoms with Crippen LogP contribution >= 0.6 is 0 Å². The van der Waals surface area contributed by atoms with Crippen molar-refractivity contribution in [3.63, 3.8) is 0 Å². The first-order valence-electron chi connectivity index (χ1n) is 3.64. The molecule has 0 spiro atoms. The molecule has 0 bridgehead atoms. The van der Waals surface area contributed by atoms with Gasteiger partial charge in [-0.2, -0.15) is 5.26 Å². The maximum Gasteiger partial charge on any atom is 0.0587 e. The molecule has 2 heteroatoms. The van der Waals surface area contributed by atoms with Crippen molar-refractivity contribution in [2.24, 2.45) is 0 Å². The minimum absolute atomic E-state index is 0. The molecule has 0 fully saturated rings. The minimum Gasteiger partial charge on any atom is -0.412 e. The smallest absolute Gasteiger partial charge is 0.0587 e. The van der Waals surface area contributed by atoms with Crippen molar-refractivity contribution in [2.75, 3.05) is 0 Å². The zero-order valence-electron chi connectivity index (χ0n) is 7.28. The molecule has 0 aromatic heterocycles. The monoisotopic (exact) mass is 145 g/mol. The minimum atomic E-state index is 0. The zero-order chi connectivity index (χ0) is 7.54. The molecule has 0 aliphatic heterocycles. The lowest BCUT2D eigenvalue weighted by Crippen LogP contribution is -1.66. The Kier molecular flexibility index (Phi) is 38.4. The number of unbranched alkanes of at least 4 members (excludes halogenated alkanes) is 3. The molecule has 0 amide bonds. The van der Waals surface area contributed by atoms with Gasteiger partial charge in [0.1, 0.15) is 0 Å². The van der Waals surface area contributed by atoms with Crippen LogP contribution in [0.4, 0.5) is 0 Å². The fourth-order valence-electron chi connectivity index (χ4n) is 0.500. The number of rotatable bonds is 3. The third-order valence-electron chi connectivity index (χ3n) is 0.957. The average Bonchev–Trinajstić information content (AvgIpc) is 1.86. The van der Waals surface area contributed by atoms with Crippen molar-refractivity contribution >= 4 is 0 Å². The van der Waals surface area contributed by atoms with Crippen LogP contribution in [0.2, 0.25) is 0 Å². The van der Waals surface area contributed by atoms with Crippen LogP contribution in [0.5, 0.6) is 0 Å². The Morgan fingerprint density at radius 1 is 1.10 bits per heavy atom. The molecule has 0 unspecified atom stereocenters. The lowest BCUT2D eigenvalue weighted by molar-refractivity contribution is 0.702. The second-order valence-corrected chi connectivity index (χ2v) is 1.93. The van der Waals surface area contributed by atoms with Crippen molar-refractivity contribution in [2.45, 2.75) is 46.5 Å². The van der Waals surface area contributed by atoms with Gasteiger partial charge in [-0.05, 0) is 0 Å². The van der Waals surface area contributed by atoms with E-state index in [1.807, 2.05) is 0 Å². The molecule has 0 aliphatic carbocycles. The summed E-state index contributed by atoms with van der Waals surface area (Å²) in [6, 6.07) is 1.75. The summed E-state index contributed by atoms with van der Waals surface area (Å²) in [4.78, 5) is 0. The largest absolute Gasteiger partial charge is 0.412 e. The van der Waals surface area contributed by atoms with Gasteiger partial charge in [-0.25, -0.2) is 0 Å². The van der Waals surface area contributed by atoms with E-state index in [1.54, 1.807) is 6.07 Å². The van der Waals surface area contributed by atoms with Gasteiger partial charge in [0.25, 0.3) is 0 Å². The number of hydrogen-bond donors (Lipinski definition) is 0. The Labute approximate surface area is 64.2 Å². The second-order valence-electron chi connectivity index (χ2n) is 1.93. The van der Waals surface area contributed by atoms with E-state index in [0.29, 0.717) is 0 Å². The predicted molar refractivity (Wildman–Crippen MR) is 44.7 cm³/mol. The highest BCUT2D eigenvalue weighted by atomic mass is 16.0. The van der Waals surface area contributed by atoms with Gasteiger partial charge in [-0.3, -0.25) is 0 Å². The van der Waals surface area contributed by atoms with Crippen LogP contribution in [0, 0.1) is 11.3 Å².